The predicted octanol–water partition coefficient (Wildman–Crippen LogP) is 2.65. The second kappa shape index (κ2) is 4.39. The van der Waals surface area contributed by atoms with Crippen molar-refractivity contribution in [1.82, 2.24) is 9.55 Å². The number of nitrogens with zero attached hydrogens (tertiary/aromatic N) is 2. The first-order valence-corrected chi connectivity index (χ1v) is 5.44. The van der Waals surface area contributed by atoms with E-state index in [0.29, 0.717) is 0 Å². The van der Waals surface area contributed by atoms with Crippen molar-refractivity contribution in [1.29, 1.82) is 0 Å². The van der Waals surface area contributed by atoms with E-state index in [9.17, 15) is 0 Å². The molecule has 2 aromatic rings. The monoisotopic (exact) mass is 215 g/mol. The van der Waals surface area contributed by atoms with Crippen molar-refractivity contribution in [2.75, 3.05) is 5.32 Å². The van der Waals surface area contributed by atoms with Crippen molar-refractivity contribution < 1.29 is 0 Å². The van der Waals surface area contributed by atoms with E-state index in [1.807, 2.05) is 18.3 Å². The smallest absolute Gasteiger partial charge is 0.0529 e. The highest BCUT2D eigenvalue weighted by atomic mass is 15.0. The summed E-state index contributed by atoms with van der Waals surface area (Å²) in [7, 11) is 2.10. The second-order valence-corrected chi connectivity index (χ2v) is 4.05. The number of aromatic nitrogens is 2. The van der Waals surface area contributed by atoms with Crippen molar-refractivity contribution in [2.24, 2.45) is 7.05 Å². The van der Waals surface area contributed by atoms with Gasteiger partial charge in [0.1, 0.15) is 0 Å². The van der Waals surface area contributed by atoms with Crippen molar-refractivity contribution in [3.05, 3.63) is 47.5 Å². The summed E-state index contributed by atoms with van der Waals surface area (Å²) in [4.78, 5) is 4.07. The molecule has 0 bridgehead atoms. The van der Waals surface area contributed by atoms with Gasteiger partial charge in [0.25, 0.3) is 0 Å². The first-order valence-electron chi connectivity index (χ1n) is 5.44. The van der Waals surface area contributed by atoms with Crippen molar-refractivity contribution in [3.8, 4) is 0 Å². The molecule has 0 atom stereocenters. The van der Waals surface area contributed by atoms with Gasteiger partial charge in [-0.3, -0.25) is 4.98 Å². The quantitative estimate of drug-likeness (QED) is 0.853. The third-order valence-electron chi connectivity index (χ3n) is 3.02. The maximum absolute atomic E-state index is 4.07. The zero-order valence-electron chi connectivity index (χ0n) is 9.99. The number of nitrogens with one attached hydrogen (secondary N) is 1. The first-order chi connectivity index (χ1) is 7.68. The number of aryl methyl sites for hydroxylation is 1. The van der Waals surface area contributed by atoms with Crippen LogP contribution in [0.15, 0.2) is 30.6 Å². The highest BCUT2D eigenvalue weighted by molar-refractivity contribution is 5.41. The van der Waals surface area contributed by atoms with E-state index >= 15 is 0 Å². The summed E-state index contributed by atoms with van der Waals surface area (Å²) in [5.74, 6) is 0. The minimum absolute atomic E-state index is 0.846. The Morgan fingerprint density at radius 2 is 2.19 bits per heavy atom. The molecule has 0 aromatic carbocycles. The van der Waals surface area contributed by atoms with Crippen LogP contribution in [-0.2, 0) is 13.6 Å². The topological polar surface area (TPSA) is 29.9 Å². The van der Waals surface area contributed by atoms with Crippen LogP contribution in [-0.4, -0.2) is 9.55 Å². The van der Waals surface area contributed by atoms with Gasteiger partial charge in [-0.25, -0.2) is 0 Å². The summed E-state index contributed by atoms with van der Waals surface area (Å²) in [6.07, 6.45) is 3.62. The van der Waals surface area contributed by atoms with Gasteiger partial charge in [0.2, 0.25) is 0 Å². The Bertz CT molecular complexity index is 471. The normalized spacial score (nSPS) is 10.4. The molecule has 84 valence electrons. The van der Waals surface area contributed by atoms with Gasteiger partial charge >= 0.3 is 0 Å². The summed E-state index contributed by atoms with van der Waals surface area (Å²) in [5, 5.41) is 3.37. The van der Waals surface area contributed by atoms with E-state index < -0.39 is 0 Å². The Morgan fingerprint density at radius 1 is 1.38 bits per heavy atom. The number of pyridine rings is 1. The van der Waals surface area contributed by atoms with E-state index in [1.165, 1.54) is 17.0 Å². The number of hydrogen-bond acceptors (Lipinski definition) is 2. The molecule has 0 aliphatic rings. The van der Waals surface area contributed by atoms with Gasteiger partial charge in [-0.05, 0) is 37.6 Å². The zero-order chi connectivity index (χ0) is 11.5. The standard InChI is InChI=1S/C13H17N3/c1-10-7-12(11(2)16(10)3)8-15-13-5-4-6-14-9-13/h4-7,9,15H,8H2,1-3H3. The largest absolute Gasteiger partial charge is 0.380 e. The first kappa shape index (κ1) is 10.7. The molecular formula is C13H17N3. The van der Waals surface area contributed by atoms with Crippen molar-refractivity contribution in [2.45, 2.75) is 20.4 Å². The molecule has 0 aliphatic carbocycles. The van der Waals surface area contributed by atoms with E-state index in [4.69, 9.17) is 0 Å². The van der Waals surface area contributed by atoms with Crippen molar-refractivity contribution >= 4 is 5.69 Å². The average Bonchev–Trinajstić information content (AvgIpc) is 2.56. The predicted molar refractivity (Wildman–Crippen MR) is 66.5 cm³/mol. The molecule has 1 N–H and O–H groups in total. The number of hydrogen-bond donors (Lipinski definition) is 1. The van der Waals surface area contributed by atoms with Crippen LogP contribution in [0.5, 0.6) is 0 Å². The molecule has 0 saturated carbocycles. The second-order valence-electron chi connectivity index (χ2n) is 4.05. The fraction of sp³-hybridized carbons (Fsp3) is 0.308. The van der Waals surface area contributed by atoms with Crippen LogP contribution >= 0.6 is 0 Å². The molecule has 3 heteroatoms. The Hall–Kier alpha value is -1.77. The van der Waals surface area contributed by atoms with Gasteiger partial charge in [-0.1, -0.05) is 0 Å². The number of anilines is 1. The zero-order valence-corrected chi connectivity index (χ0v) is 9.99. The van der Waals surface area contributed by atoms with Crippen LogP contribution < -0.4 is 5.32 Å². The molecule has 2 heterocycles. The van der Waals surface area contributed by atoms with Crippen molar-refractivity contribution in [3.63, 3.8) is 0 Å². The average molecular weight is 215 g/mol. The van der Waals surface area contributed by atoms with Gasteiger partial charge in [0, 0.05) is 37.4 Å². The third kappa shape index (κ3) is 2.08. The fourth-order valence-corrected chi connectivity index (χ4v) is 1.78. The van der Waals surface area contributed by atoms with E-state index in [0.717, 1.165) is 12.2 Å². The lowest BCUT2D eigenvalue weighted by molar-refractivity contribution is 0.837. The molecule has 0 radical (unpaired) electrons. The van der Waals surface area contributed by atoms with Gasteiger partial charge in [-0.2, -0.15) is 0 Å². The Morgan fingerprint density at radius 3 is 2.75 bits per heavy atom. The summed E-state index contributed by atoms with van der Waals surface area (Å²) in [5.41, 5.74) is 5.00. The maximum atomic E-state index is 4.07. The van der Waals surface area contributed by atoms with E-state index in [1.54, 1.807) is 6.20 Å². The highest BCUT2D eigenvalue weighted by Gasteiger charge is 2.05. The van der Waals surface area contributed by atoms with Gasteiger partial charge < -0.3 is 9.88 Å². The summed E-state index contributed by atoms with van der Waals surface area (Å²) < 4.78 is 2.21. The molecule has 16 heavy (non-hydrogen) atoms. The van der Waals surface area contributed by atoms with E-state index in [2.05, 4.69) is 41.8 Å². The molecule has 0 unspecified atom stereocenters. The van der Waals surface area contributed by atoms with Crippen LogP contribution in [0, 0.1) is 13.8 Å². The Balaban J connectivity index is 2.08. The maximum Gasteiger partial charge on any atom is 0.0529 e. The molecule has 0 fully saturated rings. The van der Waals surface area contributed by atoms with E-state index in [-0.39, 0.29) is 0 Å². The Kier molecular flexibility index (Phi) is 2.95. The van der Waals surface area contributed by atoms with Gasteiger partial charge in [0.05, 0.1) is 5.69 Å². The SMILES string of the molecule is Cc1cc(CNc2cccnc2)c(C)n1C. The lowest BCUT2D eigenvalue weighted by Gasteiger charge is -2.06. The highest BCUT2D eigenvalue weighted by Crippen LogP contribution is 2.15. The van der Waals surface area contributed by atoms with Gasteiger partial charge in [-0.15, -0.1) is 0 Å². The molecule has 2 rings (SSSR count). The van der Waals surface area contributed by atoms with Gasteiger partial charge in [0.15, 0.2) is 0 Å². The summed E-state index contributed by atoms with van der Waals surface area (Å²) in [6, 6.07) is 6.18. The third-order valence-corrected chi connectivity index (χ3v) is 3.02. The summed E-state index contributed by atoms with van der Waals surface area (Å²) >= 11 is 0. The van der Waals surface area contributed by atoms with Crippen LogP contribution in [0.25, 0.3) is 0 Å². The minimum Gasteiger partial charge on any atom is -0.380 e. The molecule has 0 spiro atoms. The molecule has 0 saturated heterocycles. The fourth-order valence-electron chi connectivity index (χ4n) is 1.78. The summed E-state index contributed by atoms with van der Waals surface area (Å²) in [6.45, 7) is 5.12. The minimum atomic E-state index is 0.846. The lowest BCUT2D eigenvalue weighted by Crippen LogP contribution is -2.01. The lowest BCUT2D eigenvalue weighted by atomic mass is 10.2. The molecule has 0 amide bonds. The van der Waals surface area contributed by atoms with Crippen LogP contribution in [0.2, 0.25) is 0 Å². The van der Waals surface area contributed by atoms with Crippen LogP contribution in [0.3, 0.4) is 0 Å². The van der Waals surface area contributed by atoms with Crippen LogP contribution in [0.1, 0.15) is 17.0 Å². The molecule has 2 aromatic heterocycles. The molecule has 0 aliphatic heterocycles. The molecule has 3 nitrogen and oxygen atoms in total. The molecular weight excluding hydrogens is 198 g/mol. The van der Waals surface area contributed by atoms with Crippen LogP contribution in [0.4, 0.5) is 5.69 Å². The Labute approximate surface area is 96.1 Å². The number of rotatable bonds is 3.